The highest BCUT2D eigenvalue weighted by Gasteiger charge is 2.11. The van der Waals surface area contributed by atoms with Crippen molar-refractivity contribution in [2.75, 3.05) is 0 Å². The second-order valence-corrected chi connectivity index (χ2v) is 7.04. The number of rotatable bonds is 7. The van der Waals surface area contributed by atoms with Gasteiger partial charge in [-0.25, -0.2) is 9.78 Å². The standard InChI is InChI=1S/C17H24N4O2S/c1-5-6-16-19-12(4)14(24-16)9-18-15(22)8-7-13-10(2)20-17(23)21-11(13)3/h5-9H2,1-4H3,(H,18,22)(H,20,21,23). The molecular formula is C17H24N4O2S. The summed E-state index contributed by atoms with van der Waals surface area (Å²) in [5, 5.41) is 4.08. The third kappa shape index (κ3) is 4.74. The number of hydrogen-bond acceptors (Lipinski definition) is 5. The highest BCUT2D eigenvalue weighted by Crippen LogP contribution is 2.19. The largest absolute Gasteiger partial charge is 0.351 e. The van der Waals surface area contributed by atoms with Crippen molar-refractivity contribution in [3.8, 4) is 0 Å². The van der Waals surface area contributed by atoms with Gasteiger partial charge in [-0.05, 0) is 45.6 Å². The molecule has 0 bridgehead atoms. The van der Waals surface area contributed by atoms with E-state index in [1.54, 1.807) is 18.3 Å². The molecule has 0 radical (unpaired) electrons. The van der Waals surface area contributed by atoms with Gasteiger partial charge in [-0.3, -0.25) is 4.79 Å². The van der Waals surface area contributed by atoms with Crippen LogP contribution in [0.5, 0.6) is 0 Å². The topological polar surface area (TPSA) is 87.7 Å². The minimum atomic E-state index is -0.346. The number of carbonyl (C=O) groups is 1. The summed E-state index contributed by atoms with van der Waals surface area (Å²) in [5.41, 5.74) is 3.06. The van der Waals surface area contributed by atoms with Crippen LogP contribution in [0.4, 0.5) is 0 Å². The van der Waals surface area contributed by atoms with Gasteiger partial charge >= 0.3 is 5.69 Å². The van der Waals surface area contributed by atoms with E-state index in [2.05, 4.69) is 27.2 Å². The van der Waals surface area contributed by atoms with Crippen molar-refractivity contribution in [3.05, 3.63) is 43.0 Å². The van der Waals surface area contributed by atoms with Gasteiger partial charge in [0.2, 0.25) is 5.91 Å². The minimum absolute atomic E-state index is 0.00941. The molecule has 0 unspecified atom stereocenters. The van der Waals surface area contributed by atoms with E-state index in [0.717, 1.165) is 39.7 Å². The average molecular weight is 348 g/mol. The molecule has 2 rings (SSSR count). The Bertz CT molecular complexity index is 753. The van der Waals surface area contributed by atoms with Gasteiger partial charge in [0.1, 0.15) is 0 Å². The van der Waals surface area contributed by atoms with Crippen LogP contribution in [0.25, 0.3) is 0 Å². The van der Waals surface area contributed by atoms with Crippen molar-refractivity contribution >= 4 is 17.2 Å². The molecule has 2 heterocycles. The van der Waals surface area contributed by atoms with Gasteiger partial charge in [-0.2, -0.15) is 4.98 Å². The van der Waals surface area contributed by atoms with E-state index in [9.17, 15) is 9.59 Å². The van der Waals surface area contributed by atoms with E-state index < -0.39 is 0 Å². The zero-order valence-corrected chi connectivity index (χ0v) is 15.5. The highest BCUT2D eigenvalue weighted by molar-refractivity contribution is 7.11. The molecule has 0 aliphatic carbocycles. The first-order chi connectivity index (χ1) is 11.4. The number of carbonyl (C=O) groups excluding carboxylic acids is 1. The van der Waals surface area contributed by atoms with E-state index in [1.165, 1.54) is 0 Å². The van der Waals surface area contributed by atoms with Crippen molar-refractivity contribution < 1.29 is 4.79 Å². The van der Waals surface area contributed by atoms with Crippen molar-refractivity contribution in [1.29, 1.82) is 0 Å². The number of aromatic amines is 1. The first kappa shape index (κ1) is 18.3. The number of thiazole rings is 1. The fraction of sp³-hybridized carbons (Fsp3) is 0.529. The Labute approximate surface area is 145 Å². The number of aryl methyl sites for hydroxylation is 4. The number of hydrogen-bond donors (Lipinski definition) is 2. The maximum atomic E-state index is 12.1. The van der Waals surface area contributed by atoms with Gasteiger partial charge in [0.25, 0.3) is 0 Å². The summed E-state index contributed by atoms with van der Waals surface area (Å²) >= 11 is 1.67. The maximum absolute atomic E-state index is 12.1. The van der Waals surface area contributed by atoms with E-state index in [-0.39, 0.29) is 11.6 Å². The van der Waals surface area contributed by atoms with Crippen LogP contribution in [0.15, 0.2) is 4.79 Å². The highest BCUT2D eigenvalue weighted by atomic mass is 32.1. The average Bonchev–Trinajstić information content (AvgIpc) is 2.84. The lowest BCUT2D eigenvalue weighted by Crippen LogP contribution is -2.24. The minimum Gasteiger partial charge on any atom is -0.351 e. The van der Waals surface area contributed by atoms with Gasteiger partial charge in [0.05, 0.1) is 17.2 Å². The van der Waals surface area contributed by atoms with Crippen LogP contribution in [0.3, 0.4) is 0 Å². The summed E-state index contributed by atoms with van der Waals surface area (Å²) in [4.78, 5) is 35.6. The lowest BCUT2D eigenvalue weighted by molar-refractivity contribution is -0.121. The summed E-state index contributed by atoms with van der Waals surface area (Å²) in [6.07, 6.45) is 2.99. The molecule has 0 spiro atoms. The number of H-pyrrole nitrogens is 1. The molecule has 2 aromatic heterocycles. The smallest absolute Gasteiger partial charge is 0.345 e. The number of nitrogens with zero attached hydrogens (tertiary/aromatic N) is 2. The third-order valence-corrected chi connectivity index (χ3v) is 5.12. The van der Waals surface area contributed by atoms with Crippen molar-refractivity contribution in [2.24, 2.45) is 0 Å². The van der Waals surface area contributed by atoms with Crippen molar-refractivity contribution in [2.45, 2.75) is 59.9 Å². The molecule has 24 heavy (non-hydrogen) atoms. The lowest BCUT2D eigenvalue weighted by Gasteiger charge is -2.08. The molecule has 130 valence electrons. The van der Waals surface area contributed by atoms with Crippen molar-refractivity contribution in [3.63, 3.8) is 0 Å². The molecule has 1 amide bonds. The molecule has 2 N–H and O–H groups in total. The van der Waals surface area contributed by atoms with Crippen LogP contribution < -0.4 is 11.0 Å². The Morgan fingerprint density at radius 1 is 1.17 bits per heavy atom. The number of nitrogens with one attached hydrogen (secondary N) is 2. The van der Waals surface area contributed by atoms with E-state index in [1.807, 2.05) is 13.8 Å². The SMILES string of the molecule is CCCc1nc(C)c(CNC(=O)CCc2c(C)nc(=O)[nH]c2C)s1. The van der Waals surface area contributed by atoms with Crippen LogP contribution in [0, 0.1) is 20.8 Å². The van der Waals surface area contributed by atoms with Crippen LogP contribution in [-0.4, -0.2) is 20.9 Å². The Morgan fingerprint density at radius 3 is 2.58 bits per heavy atom. The van der Waals surface area contributed by atoms with E-state index in [0.29, 0.717) is 25.1 Å². The second-order valence-electron chi connectivity index (χ2n) is 5.87. The molecule has 7 heteroatoms. The summed E-state index contributed by atoms with van der Waals surface area (Å²) in [6.45, 7) is 8.27. The predicted molar refractivity (Wildman–Crippen MR) is 95.3 cm³/mol. The molecule has 0 aromatic carbocycles. The van der Waals surface area contributed by atoms with Crippen LogP contribution >= 0.6 is 11.3 Å². The molecule has 0 saturated carbocycles. The Hall–Kier alpha value is -2.02. The first-order valence-corrected chi connectivity index (χ1v) is 9.00. The van der Waals surface area contributed by atoms with E-state index >= 15 is 0 Å². The normalized spacial score (nSPS) is 10.8. The molecular weight excluding hydrogens is 324 g/mol. The molecule has 0 saturated heterocycles. The zero-order chi connectivity index (χ0) is 17.7. The van der Waals surface area contributed by atoms with Gasteiger partial charge in [-0.1, -0.05) is 6.92 Å². The summed E-state index contributed by atoms with van der Waals surface area (Å²) < 4.78 is 0. The maximum Gasteiger partial charge on any atom is 0.345 e. The molecule has 6 nitrogen and oxygen atoms in total. The van der Waals surface area contributed by atoms with Gasteiger partial charge < -0.3 is 10.3 Å². The summed E-state index contributed by atoms with van der Waals surface area (Å²) in [5.74, 6) is -0.00941. The van der Waals surface area contributed by atoms with E-state index in [4.69, 9.17) is 0 Å². The van der Waals surface area contributed by atoms with Gasteiger partial charge in [0.15, 0.2) is 0 Å². The van der Waals surface area contributed by atoms with Gasteiger partial charge in [-0.15, -0.1) is 11.3 Å². The van der Waals surface area contributed by atoms with Gasteiger partial charge in [0, 0.05) is 22.7 Å². The fourth-order valence-corrected chi connectivity index (χ4v) is 3.71. The lowest BCUT2D eigenvalue weighted by atomic mass is 10.1. The Morgan fingerprint density at radius 2 is 1.92 bits per heavy atom. The molecule has 0 aliphatic rings. The second kappa shape index (κ2) is 8.19. The molecule has 0 aliphatic heterocycles. The third-order valence-electron chi connectivity index (χ3n) is 3.90. The molecule has 2 aromatic rings. The zero-order valence-electron chi connectivity index (χ0n) is 14.7. The number of amides is 1. The first-order valence-electron chi connectivity index (χ1n) is 8.19. The Kier molecular flexibility index (Phi) is 6.25. The van der Waals surface area contributed by atoms with Crippen molar-refractivity contribution in [1.82, 2.24) is 20.3 Å². The monoisotopic (exact) mass is 348 g/mol. The summed E-state index contributed by atoms with van der Waals surface area (Å²) in [6, 6.07) is 0. The van der Waals surface area contributed by atoms with Crippen LogP contribution in [0.1, 0.15) is 52.3 Å². The number of aromatic nitrogens is 3. The fourth-order valence-electron chi connectivity index (χ4n) is 2.60. The van der Waals surface area contributed by atoms with Crippen LogP contribution in [-0.2, 0) is 24.2 Å². The Balaban J connectivity index is 1.89. The van der Waals surface area contributed by atoms with Crippen LogP contribution in [0.2, 0.25) is 0 Å². The predicted octanol–water partition coefficient (Wildman–Crippen LogP) is 2.35. The molecule has 0 fully saturated rings. The summed E-state index contributed by atoms with van der Waals surface area (Å²) in [7, 11) is 0. The molecule has 0 atom stereocenters. The quantitative estimate of drug-likeness (QED) is 0.804.